The lowest BCUT2D eigenvalue weighted by molar-refractivity contribution is -0.274. The maximum atomic E-state index is 13.0. The molecule has 1 N–H and O–H groups in total. The molecule has 2 aromatic heterocycles. The first kappa shape index (κ1) is 22.1. The predicted molar refractivity (Wildman–Crippen MR) is 117 cm³/mol. The van der Waals surface area contributed by atoms with E-state index >= 15 is 0 Å². The minimum absolute atomic E-state index is 0.188. The van der Waals surface area contributed by atoms with Crippen LogP contribution in [0, 0.1) is 6.92 Å². The third-order valence-corrected chi connectivity index (χ3v) is 4.93. The number of carbonyl (C=O) groups excluding carboxylic acids is 1. The van der Waals surface area contributed by atoms with E-state index in [9.17, 15) is 22.8 Å². The number of nitrogens with zero attached hydrogens (tertiary/aromatic N) is 2. The fraction of sp³-hybridized carbons (Fsp3) is 0.125. The summed E-state index contributed by atoms with van der Waals surface area (Å²) in [6.07, 6.45) is -3.14. The highest BCUT2D eigenvalue weighted by Crippen LogP contribution is 2.24. The Bertz CT molecular complexity index is 1370. The fourth-order valence-corrected chi connectivity index (χ4v) is 3.38. The summed E-state index contributed by atoms with van der Waals surface area (Å²) >= 11 is 0. The van der Waals surface area contributed by atoms with Gasteiger partial charge in [-0.05, 0) is 48.9 Å². The van der Waals surface area contributed by atoms with Crippen LogP contribution in [0.1, 0.15) is 21.6 Å². The molecular weight excluding hydrogens is 435 g/mol. The lowest BCUT2D eigenvalue weighted by Gasteiger charge is -2.12. The number of amides is 1. The Hall–Kier alpha value is -4.14. The minimum Gasteiger partial charge on any atom is -0.406 e. The average molecular weight is 453 g/mol. The van der Waals surface area contributed by atoms with Crippen LogP contribution in [0.2, 0.25) is 0 Å². The highest BCUT2D eigenvalue weighted by molar-refractivity contribution is 6.06. The van der Waals surface area contributed by atoms with Crippen LogP contribution in [0.15, 0.2) is 77.7 Å². The number of fused-ring (bicyclic) bond motifs is 1. The second-order valence-corrected chi connectivity index (χ2v) is 7.31. The number of alkyl halides is 3. The SMILES string of the molecule is Cc1nc2ccn(Cc3ccccc3)c(=O)c2cc1C(=O)Nc1ccc(OC(F)(F)F)cc1. The molecule has 0 aliphatic carbocycles. The van der Waals surface area contributed by atoms with Gasteiger partial charge in [-0.25, -0.2) is 0 Å². The summed E-state index contributed by atoms with van der Waals surface area (Å²) < 4.78 is 42.3. The van der Waals surface area contributed by atoms with E-state index in [0.29, 0.717) is 17.8 Å². The number of halogens is 3. The van der Waals surface area contributed by atoms with Crippen molar-refractivity contribution in [3.05, 3.63) is 100 Å². The molecule has 4 rings (SSSR count). The van der Waals surface area contributed by atoms with E-state index in [-0.39, 0.29) is 22.2 Å². The van der Waals surface area contributed by atoms with Crippen molar-refractivity contribution in [3.63, 3.8) is 0 Å². The van der Waals surface area contributed by atoms with Crippen LogP contribution in [0.25, 0.3) is 10.9 Å². The number of benzene rings is 2. The second-order valence-electron chi connectivity index (χ2n) is 7.31. The summed E-state index contributed by atoms with van der Waals surface area (Å²) in [5.41, 5.74) is 2.00. The van der Waals surface area contributed by atoms with Gasteiger partial charge in [0.1, 0.15) is 5.75 Å². The average Bonchev–Trinajstić information content (AvgIpc) is 2.76. The number of anilines is 1. The van der Waals surface area contributed by atoms with Gasteiger partial charge in [0.25, 0.3) is 11.5 Å². The first-order chi connectivity index (χ1) is 15.7. The summed E-state index contributed by atoms with van der Waals surface area (Å²) in [7, 11) is 0. The molecule has 0 aliphatic heterocycles. The van der Waals surface area contributed by atoms with Crippen molar-refractivity contribution in [1.29, 1.82) is 0 Å². The number of pyridine rings is 2. The Balaban J connectivity index is 1.60. The molecule has 0 saturated carbocycles. The molecule has 0 fully saturated rings. The molecule has 9 heteroatoms. The normalized spacial score (nSPS) is 11.4. The van der Waals surface area contributed by atoms with Gasteiger partial charge in [-0.2, -0.15) is 0 Å². The zero-order valence-electron chi connectivity index (χ0n) is 17.4. The molecule has 2 aromatic carbocycles. The van der Waals surface area contributed by atoms with E-state index in [1.165, 1.54) is 22.8 Å². The van der Waals surface area contributed by atoms with Crippen molar-refractivity contribution in [1.82, 2.24) is 9.55 Å². The van der Waals surface area contributed by atoms with Gasteiger partial charge in [-0.1, -0.05) is 30.3 Å². The van der Waals surface area contributed by atoms with Gasteiger partial charge >= 0.3 is 6.36 Å². The lowest BCUT2D eigenvalue weighted by Crippen LogP contribution is -2.22. The van der Waals surface area contributed by atoms with Crippen molar-refractivity contribution in [2.24, 2.45) is 0 Å². The number of aromatic nitrogens is 2. The summed E-state index contributed by atoms with van der Waals surface area (Å²) in [6.45, 7) is 2.02. The topological polar surface area (TPSA) is 73.2 Å². The molecule has 0 aliphatic rings. The number of carbonyl (C=O) groups is 1. The number of hydrogen-bond acceptors (Lipinski definition) is 4. The minimum atomic E-state index is -4.80. The number of aryl methyl sites for hydroxylation is 1. The molecule has 0 bridgehead atoms. The Morgan fingerprint density at radius 2 is 1.76 bits per heavy atom. The molecule has 0 saturated heterocycles. The van der Waals surface area contributed by atoms with E-state index < -0.39 is 18.0 Å². The Labute approximate surface area is 186 Å². The van der Waals surface area contributed by atoms with Gasteiger partial charge < -0.3 is 14.6 Å². The summed E-state index contributed by atoms with van der Waals surface area (Å²) in [6, 6.07) is 17.4. The van der Waals surface area contributed by atoms with Crippen LogP contribution < -0.4 is 15.6 Å². The molecule has 2 heterocycles. The summed E-state index contributed by atoms with van der Waals surface area (Å²) in [5, 5.41) is 2.89. The Morgan fingerprint density at radius 1 is 1.06 bits per heavy atom. The van der Waals surface area contributed by atoms with Crippen LogP contribution in [0.4, 0.5) is 18.9 Å². The zero-order chi connectivity index (χ0) is 23.6. The molecule has 1 amide bonds. The van der Waals surface area contributed by atoms with Crippen LogP contribution >= 0.6 is 0 Å². The van der Waals surface area contributed by atoms with Crippen molar-refractivity contribution >= 4 is 22.5 Å². The Morgan fingerprint density at radius 3 is 2.42 bits per heavy atom. The second kappa shape index (κ2) is 8.78. The van der Waals surface area contributed by atoms with Gasteiger partial charge in [0.2, 0.25) is 0 Å². The van der Waals surface area contributed by atoms with Crippen LogP contribution in [0.5, 0.6) is 5.75 Å². The first-order valence-electron chi connectivity index (χ1n) is 9.91. The quantitative estimate of drug-likeness (QED) is 0.466. The van der Waals surface area contributed by atoms with Gasteiger partial charge in [-0.3, -0.25) is 14.6 Å². The van der Waals surface area contributed by atoms with Crippen LogP contribution in [-0.2, 0) is 6.54 Å². The maximum Gasteiger partial charge on any atom is 0.573 e. The van der Waals surface area contributed by atoms with E-state index in [1.807, 2.05) is 30.3 Å². The highest BCUT2D eigenvalue weighted by atomic mass is 19.4. The Kier molecular flexibility index (Phi) is 5.87. The standard InChI is InChI=1S/C24H18F3N3O3/c1-15-19(22(31)29-17-7-9-18(10-8-17)33-24(25,26)27)13-20-21(28-15)11-12-30(23(20)32)14-16-5-3-2-4-6-16/h2-13H,14H2,1H3,(H,29,31). The van der Waals surface area contributed by atoms with Crippen molar-refractivity contribution < 1.29 is 22.7 Å². The van der Waals surface area contributed by atoms with Crippen molar-refractivity contribution in [2.45, 2.75) is 19.8 Å². The van der Waals surface area contributed by atoms with E-state index in [0.717, 1.165) is 17.7 Å². The van der Waals surface area contributed by atoms with Crippen molar-refractivity contribution in [2.75, 3.05) is 5.32 Å². The smallest absolute Gasteiger partial charge is 0.406 e. The highest BCUT2D eigenvalue weighted by Gasteiger charge is 2.31. The fourth-order valence-electron chi connectivity index (χ4n) is 3.38. The third-order valence-electron chi connectivity index (χ3n) is 4.93. The molecular formula is C24H18F3N3O3. The van der Waals surface area contributed by atoms with E-state index in [2.05, 4.69) is 15.0 Å². The molecule has 6 nitrogen and oxygen atoms in total. The number of hydrogen-bond donors (Lipinski definition) is 1. The molecule has 33 heavy (non-hydrogen) atoms. The number of ether oxygens (including phenoxy) is 1. The molecule has 0 spiro atoms. The van der Waals surface area contributed by atoms with Crippen LogP contribution in [-0.4, -0.2) is 21.8 Å². The lowest BCUT2D eigenvalue weighted by atomic mass is 10.1. The molecule has 168 valence electrons. The summed E-state index contributed by atoms with van der Waals surface area (Å²) in [5.74, 6) is -0.938. The largest absolute Gasteiger partial charge is 0.573 e. The van der Waals surface area contributed by atoms with Gasteiger partial charge in [0.15, 0.2) is 0 Å². The van der Waals surface area contributed by atoms with Crippen LogP contribution in [0.3, 0.4) is 0 Å². The zero-order valence-corrected chi connectivity index (χ0v) is 17.4. The van der Waals surface area contributed by atoms with Gasteiger partial charge in [0.05, 0.1) is 28.7 Å². The number of rotatable bonds is 5. The monoisotopic (exact) mass is 453 g/mol. The maximum absolute atomic E-state index is 13.0. The van der Waals surface area contributed by atoms with E-state index in [4.69, 9.17) is 0 Å². The number of nitrogens with one attached hydrogen (secondary N) is 1. The molecule has 0 atom stereocenters. The molecule has 0 unspecified atom stereocenters. The van der Waals surface area contributed by atoms with Gasteiger partial charge in [-0.15, -0.1) is 13.2 Å². The molecule has 0 radical (unpaired) electrons. The van der Waals surface area contributed by atoms with Crippen molar-refractivity contribution in [3.8, 4) is 5.75 Å². The third kappa shape index (κ3) is 5.20. The predicted octanol–water partition coefficient (Wildman–Crippen LogP) is 4.90. The molecule has 4 aromatic rings. The first-order valence-corrected chi connectivity index (χ1v) is 9.91. The van der Waals surface area contributed by atoms with Gasteiger partial charge in [0, 0.05) is 11.9 Å². The van der Waals surface area contributed by atoms with E-state index in [1.54, 1.807) is 19.2 Å². The summed E-state index contributed by atoms with van der Waals surface area (Å²) in [4.78, 5) is 30.2.